The zero-order valence-corrected chi connectivity index (χ0v) is 14.8. The Morgan fingerprint density at radius 2 is 2.00 bits per heavy atom. The molecule has 1 saturated heterocycles. The summed E-state index contributed by atoms with van der Waals surface area (Å²) in [6.45, 7) is 3.83. The standard InChI is InChI=1S/C16H23N7O2/c1-11-9-12(21-25-11)14(24)17-10-13-18-15(22(2)3)20-16(19-13)23-7-5-4-6-8-23/h9H,4-8,10H2,1-3H3,(H,17,24). The van der Waals surface area contributed by atoms with Gasteiger partial charge in [-0.25, -0.2) is 0 Å². The molecule has 0 saturated carbocycles. The SMILES string of the molecule is Cc1cc(C(=O)NCc2nc(N(C)C)nc(N3CCCCC3)n2)no1. The number of carbonyl (C=O) groups is 1. The number of aryl methyl sites for hydroxylation is 1. The van der Waals surface area contributed by atoms with Crippen LogP contribution in [0.3, 0.4) is 0 Å². The lowest BCUT2D eigenvalue weighted by atomic mass is 10.1. The van der Waals surface area contributed by atoms with E-state index in [9.17, 15) is 4.79 Å². The topological polar surface area (TPSA) is 100 Å². The first kappa shape index (κ1) is 17.1. The molecule has 0 radical (unpaired) electrons. The zero-order valence-electron chi connectivity index (χ0n) is 14.8. The quantitative estimate of drug-likeness (QED) is 0.861. The molecule has 0 atom stereocenters. The molecule has 1 fully saturated rings. The van der Waals surface area contributed by atoms with Crippen LogP contribution in [0.15, 0.2) is 10.6 Å². The van der Waals surface area contributed by atoms with Crippen LogP contribution >= 0.6 is 0 Å². The summed E-state index contributed by atoms with van der Waals surface area (Å²) in [6.07, 6.45) is 3.52. The molecule has 0 aliphatic carbocycles. The van der Waals surface area contributed by atoms with Crippen molar-refractivity contribution in [2.24, 2.45) is 0 Å². The van der Waals surface area contributed by atoms with Crippen molar-refractivity contribution in [1.29, 1.82) is 0 Å². The van der Waals surface area contributed by atoms with Crippen molar-refractivity contribution in [3.63, 3.8) is 0 Å². The Bertz CT molecular complexity index is 738. The highest BCUT2D eigenvalue weighted by Crippen LogP contribution is 2.18. The van der Waals surface area contributed by atoms with Gasteiger partial charge in [0.15, 0.2) is 11.5 Å². The smallest absolute Gasteiger partial charge is 0.273 e. The van der Waals surface area contributed by atoms with Gasteiger partial charge in [-0.15, -0.1) is 0 Å². The Kier molecular flexibility index (Phi) is 5.11. The van der Waals surface area contributed by atoms with Crippen molar-refractivity contribution in [2.75, 3.05) is 37.0 Å². The van der Waals surface area contributed by atoms with Gasteiger partial charge in [0.2, 0.25) is 11.9 Å². The van der Waals surface area contributed by atoms with Crippen LogP contribution in [0, 0.1) is 6.92 Å². The van der Waals surface area contributed by atoms with Crippen LogP contribution in [0.25, 0.3) is 0 Å². The number of rotatable bonds is 5. The zero-order chi connectivity index (χ0) is 17.8. The summed E-state index contributed by atoms with van der Waals surface area (Å²) in [5.41, 5.74) is 0.246. The molecule has 0 unspecified atom stereocenters. The fraction of sp³-hybridized carbons (Fsp3) is 0.562. The molecule has 2 aromatic rings. The Hall–Kier alpha value is -2.71. The average Bonchev–Trinajstić information content (AvgIpc) is 3.06. The third-order valence-electron chi connectivity index (χ3n) is 3.96. The van der Waals surface area contributed by atoms with Crippen molar-refractivity contribution < 1.29 is 9.32 Å². The van der Waals surface area contributed by atoms with Crippen molar-refractivity contribution in [3.05, 3.63) is 23.3 Å². The van der Waals surface area contributed by atoms with Crippen LogP contribution in [-0.4, -0.2) is 53.2 Å². The highest BCUT2D eigenvalue weighted by molar-refractivity contribution is 5.92. The van der Waals surface area contributed by atoms with Crippen molar-refractivity contribution >= 4 is 17.8 Å². The minimum Gasteiger partial charge on any atom is -0.361 e. The molecular weight excluding hydrogens is 322 g/mol. The minimum absolute atomic E-state index is 0.203. The molecule has 134 valence electrons. The molecule has 9 heteroatoms. The van der Waals surface area contributed by atoms with Crippen LogP contribution in [0.2, 0.25) is 0 Å². The molecule has 0 spiro atoms. The number of anilines is 2. The Labute approximate surface area is 146 Å². The number of aromatic nitrogens is 4. The van der Waals surface area contributed by atoms with Crippen LogP contribution in [0.4, 0.5) is 11.9 Å². The first-order valence-electron chi connectivity index (χ1n) is 8.41. The van der Waals surface area contributed by atoms with Gasteiger partial charge in [0.05, 0.1) is 6.54 Å². The molecule has 3 rings (SSSR count). The predicted octanol–water partition coefficient (Wildman–Crippen LogP) is 1.15. The molecule has 1 aliphatic rings. The summed E-state index contributed by atoms with van der Waals surface area (Å²) in [4.78, 5) is 29.6. The molecule has 25 heavy (non-hydrogen) atoms. The van der Waals surface area contributed by atoms with E-state index in [1.165, 1.54) is 6.42 Å². The first-order chi connectivity index (χ1) is 12.0. The maximum absolute atomic E-state index is 12.1. The lowest BCUT2D eigenvalue weighted by Gasteiger charge is -2.27. The second kappa shape index (κ2) is 7.45. The average molecular weight is 345 g/mol. The minimum atomic E-state index is -0.316. The normalized spacial score (nSPS) is 14.4. The summed E-state index contributed by atoms with van der Waals surface area (Å²) in [5, 5.41) is 6.48. The lowest BCUT2D eigenvalue weighted by Crippen LogP contribution is -2.33. The molecule has 1 N–H and O–H groups in total. The molecule has 1 aliphatic heterocycles. The number of carbonyl (C=O) groups excluding carboxylic acids is 1. The van der Waals surface area contributed by atoms with E-state index in [0.717, 1.165) is 25.9 Å². The number of nitrogens with one attached hydrogen (secondary N) is 1. The van der Waals surface area contributed by atoms with Crippen LogP contribution in [-0.2, 0) is 6.54 Å². The van der Waals surface area contributed by atoms with Gasteiger partial charge in [-0.1, -0.05) is 5.16 Å². The second-order valence-electron chi connectivity index (χ2n) is 6.30. The van der Waals surface area contributed by atoms with E-state index in [1.54, 1.807) is 13.0 Å². The first-order valence-corrected chi connectivity index (χ1v) is 8.41. The molecule has 2 aromatic heterocycles. The largest absolute Gasteiger partial charge is 0.361 e. The van der Waals surface area contributed by atoms with Crippen LogP contribution in [0.5, 0.6) is 0 Å². The van der Waals surface area contributed by atoms with Crippen molar-refractivity contribution in [1.82, 2.24) is 25.4 Å². The van der Waals surface area contributed by atoms with Gasteiger partial charge in [0.25, 0.3) is 5.91 Å². The molecule has 0 aromatic carbocycles. The fourth-order valence-electron chi connectivity index (χ4n) is 2.63. The number of nitrogens with zero attached hydrogens (tertiary/aromatic N) is 6. The van der Waals surface area contributed by atoms with Gasteiger partial charge in [-0.3, -0.25) is 4.79 Å². The number of hydrogen-bond acceptors (Lipinski definition) is 8. The van der Waals surface area contributed by atoms with E-state index >= 15 is 0 Å². The van der Waals surface area contributed by atoms with Crippen molar-refractivity contribution in [3.8, 4) is 0 Å². The van der Waals surface area contributed by atoms with Gasteiger partial charge in [-0.05, 0) is 26.2 Å². The van der Waals surface area contributed by atoms with Gasteiger partial charge in [0.1, 0.15) is 5.76 Å². The summed E-state index contributed by atoms with van der Waals surface area (Å²) >= 11 is 0. The predicted molar refractivity (Wildman–Crippen MR) is 92.6 cm³/mol. The Morgan fingerprint density at radius 1 is 1.24 bits per heavy atom. The van der Waals surface area contributed by atoms with E-state index < -0.39 is 0 Å². The summed E-state index contributed by atoms with van der Waals surface area (Å²) in [5.74, 6) is 2.04. The molecule has 3 heterocycles. The Balaban J connectivity index is 1.75. The van der Waals surface area contributed by atoms with E-state index in [1.807, 2.05) is 19.0 Å². The molecule has 1 amide bonds. The molecule has 9 nitrogen and oxygen atoms in total. The van der Waals surface area contributed by atoms with E-state index in [-0.39, 0.29) is 18.1 Å². The monoisotopic (exact) mass is 345 g/mol. The van der Waals surface area contributed by atoms with Crippen LogP contribution < -0.4 is 15.1 Å². The van der Waals surface area contributed by atoms with Crippen molar-refractivity contribution in [2.45, 2.75) is 32.7 Å². The van der Waals surface area contributed by atoms with Gasteiger partial charge < -0.3 is 19.6 Å². The van der Waals surface area contributed by atoms with E-state index in [0.29, 0.717) is 23.5 Å². The van der Waals surface area contributed by atoms with Gasteiger partial charge in [-0.2, -0.15) is 15.0 Å². The molecule has 0 bridgehead atoms. The van der Waals surface area contributed by atoms with Gasteiger partial charge in [0, 0.05) is 33.3 Å². The summed E-state index contributed by atoms with van der Waals surface area (Å²) in [7, 11) is 3.77. The number of amides is 1. The summed E-state index contributed by atoms with van der Waals surface area (Å²) < 4.78 is 4.92. The third kappa shape index (κ3) is 4.23. The fourth-order valence-corrected chi connectivity index (χ4v) is 2.63. The van der Waals surface area contributed by atoms with Gasteiger partial charge >= 0.3 is 0 Å². The summed E-state index contributed by atoms with van der Waals surface area (Å²) in [6, 6.07) is 1.59. The number of hydrogen-bond donors (Lipinski definition) is 1. The maximum atomic E-state index is 12.1. The van der Waals surface area contributed by atoms with E-state index in [4.69, 9.17) is 4.52 Å². The van der Waals surface area contributed by atoms with E-state index in [2.05, 4.69) is 30.3 Å². The van der Waals surface area contributed by atoms with Crippen LogP contribution in [0.1, 0.15) is 41.3 Å². The lowest BCUT2D eigenvalue weighted by molar-refractivity contribution is 0.0940. The maximum Gasteiger partial charge on any atom is 0.273 e. The highest BCUT2D eigenvalue weighted by atomic mass is 16.5. The third-order valence-corrected chi connectivity index (χ3v) is 3.96. The molecular formula is C16H23N7O2. The Morgan fingerprint density at radius 3 is 2.64 bits per heavy atom. The number of piperidine rings is 1. The second-order valence-corrected chi connectivity index (χ2v) is 6.30. The highest BCUT2D eigenvalue weighted by Gasteiger charge is 2.18.